The van der Waals surface area contributed by atoms with E-state index in [-0.39, 0.29) is 11.2 Å². The summed E-state index contributed by atoms with van der Waals surface area (Å²) in [5.41, 5.74) is 1.87. The number of hydrogen-bond donors (Lipinski definition) is 1. The zero-order chi connectivity index (χ0) is 11.8. The number of nitrogens with zero attached hydrogens (tertiary/aromatic N) is 2. The third kappa shape index (κ3) is 1.70. The standard InChI is InChI=1S/C12H12N2O2S/c15-12(16)8-4-6-17-11(8)9-7-13-10-3-1-2-5-14(9)10/h1-3,5,7-8,11H,4,6H2,(H,15,16). The van der Waals surface area contributed by atoms with Crippen LogP contribution in [0.3, 0.4) is 0 Å². The van der Waals surface area contributed by atoms with Crippen LogP contribution in [-0.2, 0) is 4.79 Å². The van der Waals surface area contributed by atoms with Crippen molar-refractivity contribution in [1.82, 2.24) is 9.38 Å². The van der Waals surface area contributed by atoms with E-state index >= 15 is 0 Å². The molecule has 0 bridgehead atoms. The van der Waals surface area contributed by atoms with Gasteiger partial charge in [0, 0.05) is 6.20 Å². The molecule has 1 aliphatic rings. The molecule has 2 aromatic heterocycles. The Labute approximate surface area is 103 Å². The Hall–Kier alpha value is -1.49. The van der Waals surface area contributed by atoms with E-state index in [2.05, 4.69) is 4.98 Å². The highest BCUT2D eigenvalue weighted by Gasteiger charge is 2.36. The Bertz CT molecular complexity index is 566. The number of aromatic nitrogens is 2. The van der Waals surface area contributed by atoms with Crippen molar-refractivity contribution in [3.05, 3.63) is 36.3 Å². The summed E-state index contributed by atoms with van der Waals surface area (Å²) in [5.74, 6) is -0.0900. The van der Waals surface area contributed by atoms with Gasteiger partial charge < -0.3 is 9.51 Å². The number of rotatable bonds is 2. The lowest BCUT2D eigenvalue weighted by Crippen LogP contribution is -2.16. The molecule has 0 aliphatic carbocycles. The minimum absolute atomic E-state index is 0.0184. The molecular formula is C12H12N2O2S. The van der Waals surface area contributed by atoms with E-state index in [9.17, 15) is 9.90 Å². The van der Waals surface area contributed by atoms with Gasteiger partial charge in [0.2, 0.25) is 0 Å². The van der Waals surface area contributed by atoms with Crippen molar-refractivity contribution in [3.8, 4) is 0 Å². The van der Waals surface area contributed by atoms with Gasteiger partial charge in [-0.2, -0.15) is 11.8 Å². The zero-order valence-corrected chi connectivity index (χ0v) is 9.93. The van der Waals surface area contributed by atoms with Gasteiger partial charge in [0.1, 0.15) is 5.65 Å². The summed E-state index contributed by atoms with van der Waals surface area (Å²) in [4.78, 5) is 15.5. The van der Waals surface area contributed by atoms with Gasteiger partial charge in [0.15, 0.2) is 0 Å². The van der Waals surface area contributed by atoms with Crippen molar-refractivity contribution in [3.63, 3.8) is 0 Å². The second-order valence-electron chi connectivity index (χ2n) is 4.14. The van der Waals surface area contributed by atoms with Crippen molar-refractivity contribution in [2.45, 2.75) is 11.7 Å². The van der Waals surface area contributed by atoms with E-state index in [0.717, 1.165) is 23.5 Å². The van der Waals surface area contributed by atoms with E-state index in [1.165, 1.54) is 0 Å². The van der Waals surface area contributed by atoms with E-state index in [4.69, 9.17) is 0 Å². The van der Waals surface area contributed by atoms with E-state index in [1.54, 1.807) is 18.0 Å². The summed E-state index contributed by atoms with van der Waals surface area (Å²) < 4.78 is 1.99. The number of carboxylic acid groups (broad SMARTS) is 1. The lowest BCUT2D eigenvalue weighted by molar-refractivity contribution is -0.141. The molecule has 0 amide bonds. The molecular weight excluding hydrogens is 236 g/mol. The highest BCUT2D eigenvalue weighted by molar-refractivity contribution is 7.99. The SMILES string of the molecule is O=C(O)C1CCSC1c1cnc2ccccn12. The first-order valence-corrected chi connectivity index (χ1v) is 6.58. The molecule has 3 heterocycles. The largest absolute Gasteiger partial charge is 0.481 e. The molecule has 2 atom stereocenters. The molecule has 3 rings (SSSR count). The summed E-state index contributed by atoms with van der Waals surface area (Å²) >= 11 is 1.71. The van der Waals surface area contributed by atoms with Gasteiger partial charge in [0.05, 0.1) is 23.1 Å². The molecule has 1 saturated heterocycles. The van der Waals surface area contributed by atoms with Crippen LogP contribution in [0.1, 0.15) is 17.4 Å². The van der Waals surface area contributed by atoms with Gasteiger partial charge in [-0.3, -0.25) is 4.79 Å². The van der Waals surface area contributed by atoms with Crippen LogP contribution >= 0.6 is 11.8 Å². The first-order chi connectivity index (χ1) is 8.27. The van der Waals surface area contributed by atoms with E-state index in [1.807, 2.05) is 28.8 Å². The summed E-state index contributed by atoms with van der Waals surface area (Å²) in [6.07, 6.45) is 4.48. The molecule has 1 N–H and O–H groups in total. The lowest BCUT2D eigenvalue weighted by Gasteiger charge is -2.14. The number of aliphatic carboxylic acids is 1. The van der Waals surface area contributed by atoms with Gasteiger partial charge in [-0.15, -0.1) is 0 Å². The predicted octanol–water partition coefficient (Wildman–Crippen LogP) is 2.21. The molecule has 2 unspecified atom stereocenters. The smallest absolute Gasteiger partial charge is 0.308 e. The fraction of sp³-hybridized carbons (Fsp3) is 0.333. The van der Waals surface area contributed by atoms with Crippen LogP contribution in [0.15, 0.2) is 30.6 Å². The summed E-state index contributed by atoms with van der Waals surface area (Å²) in [7, 11) is 0. The number of pyridine rings is 1. The van der Waals surface area contributed by atoms with Crippen molar-refractivity contribution in [2.75, 3.05) is 5.75 Å². The second kappa shape index (κ2) is 4.07. The molecule has 4 nitrogen and oxygen atoms in total. The van der Waals surface area contributed by atoms with Gasteiger partial charge in [-0.25, -0.2) is 4.98 Å². The Kier molecular flexibility index (Phi) is 2.55. The normalized spacial score (nSPS) is 24.2. The van der Waals surface area contributed by atoms with E-state index < -0.39 is 5.97 Å². The molecule has 0 saturated carbocycles. The summed E-state index contributed by atoms with van der Waals surface area (Å²) in [5, 5.41) is 9.23. The number of imidazole rings is 1. The van der Waals surface area contributed by atoms with Crippen LogP contribution in [0, 0.1) is 5.92 Å². The fourth-order valence-corrected chi connectivity index (χ4v) is 3.77. The van der Waals surface area contributed by atoms with Crippen molar-refractivity contribution >= 4 is 23.4 Å². The van der Waals surface area contributed by atoms with Crippen LogP contribution in [0.4, 0.5) is 0 Å². The molecule has 0 spiro atoms. The minimum atomic E-state index is -0.703. The zero-order valence-electron chi connectivity index (χ0n) is 9.11. The van der Waals surface area contributed by atoms with Crippen LogP contribution in [-0.4, -0.2) is 26.2 Å². The maximum Gasteiger partial charge on any atom is 0.308 e. The first kappa shape index (κ1) is 10.7. The molecule has 88 valence electrons. The number of carboxylic acids is 1. The monoisotopic (exact) mass is 248 g/mol. The molecule has 0 aromatic carbocycles. The average molecular weight is 248 g/mol. The summed E-state index contributed by atoms with van der Waals surface area (Å²) in [6.45, 7) is 0. The van der Waals surface area contributed by atoms with E-state index in [0.29, 0.717) is 0 Å². The minimum Gasteiger partial charge on any atom is -0.481 e. The highest BCUT2D eigenvalue weighted by Crippen LogP contribution is 2.44. The maximum atomic E-state index is 11.2. The quantitative estimate of drug-likeness (QED) is 0.885. The third-order valence-corrected chi connectivity index (χ3v) is 4.55. The number of fused-ring (bicyclic) bond motifs is 1. The fourth-order valence-electron chi connectivity index (χ4n) is 2.30. The van der Waals surface area contributed by atoms with Gasteiger partial charge >= 0.3 is 5.97 Å². The summed E-state index contributed by atoms with van der Waals surface area (Å²) in [6, 6.07) is 5.80. The Morgan fingerprint density at radius 2 is 2.41 bits per heavy atom. The third-order valence-electron chi connectivity index (χ3n) is 3.15. The average Bonchev–Trinajstić information content (AvgIpc) is 2.94. The van der Waals surface area contributed by atoms with Gasteiger partial charge in [-0.1, -0.05) is 6.07 Å². The number of thioether (sulfide) groups is 1. The second-order valence-corrected chi connectivity index (χ2v) is 5.39. The van der Waals surface area contributed by atoms with Crippen LogP contribution in [0.25, 0.3) is 5.65 Å². The molecule has 2 aromatic rings. The Morgan fingerprint density at radius 1 is 1.53 bits per heavy atom. The number of carbonyl (C=O) groups is 1. The predicted molar refractivity (Wildman–Crippen MR) is 66.1 cm³/mol. The van der Waals surface area contributed by atoms with Crippen molar-refractivity contribution < 1.29 is 9.90 Å². The van der Waals surface area contributed by atoms with Crippen molar-refractivity contribution in [1.29, 1.82) is 0 Å². The van der Waals surface area contributed by atoms with Crippen molar-refractivity contribution in [2.24, 2.45) is 5.92 Å². The maximum absolute atomic E-state index is 11.2. The van der Waals surface area contributed by atoms with Crippen LogP contribution in [0.5, 0.6) is 0 Å². The van der Waals surface area contributed by atoms with Crippen LogP contribution < -0.4 is 0 Å². The van der Waals surface area contributed by atoms with Crippen LogP contribution in [0.2, 0.25) is 0 Å². The highest BCUT2D eigenvalue weighted by atomic mass is 32.2. The Balaban J connectivity index is 2.06. The Morgan fingerprint density at radius 3 is 3.24 bits per heavy atom. The first-order valence-electron chi connectivity index (χ1n) is 5.54. The molecule has 1 fully saturated rings. The number of hydrogen-bond acceptors (Lipinski definition) is 3. The van der Waals surface area contributed by atoms with Gasteiger partial charge in [-0.05, 0) is 24.3 Å². The molecule has 5 heteroatoms. The molecule has 0 radical (unpaired) electrons. The molecule has 17 heavy (non-hydrogen) atoms. The van der Waals surface area contributed by atoms with Gasteiger partial charge in [0.25, 0.3) is 0 Å². The lowest BCUT2D eigenvalue weighted by atomic mass is 10.0. The molecule has 1 aliphatic heterocycles. The topological polar surface area (TPSA) is 54.6 Å².